The third kappa shape index (κ3) is 5.59. The van der Waals surface area contributed by atoms with Crippen molar-refractivity contribution < 1.29 is 13.2 Å². The van der Waals surface area contributed by atoms with Crippen LogP contribution >= 0.6 is 46.8 Å². The average molecular weight is 515 g/mol. The lowest BCUT2D eigenvalue weighted by atomic mass is 10.2. The second-order valence-corrected chi connectivity index (χ2v) is 10.6. The molecule has 3 rings (SSSR count). The van der Waals surface area contributed by atoms with Crippen molar-refractivity contribution in [2.45, 2.75) is 4.90 Å². The number of hydrogen-bond acceptors (Lipinski definition) is 6. The van der Waals surface area contributed by atoms with Crippen LogP contribution in [0.3, 0.4) is 0 Å². The van der Waals surface area contributed by atoms with Crippen LogP contribution in [0, 0.1) is 0 Å². The van der Waals surface area contributed by atoms with Crippen LogP contribution in [-0.4, -0.2) is 42.8 Å². The number of carbonyl (C=O) groups excluding carboxylic acids is 1. The maximum Gasteiger partial charge on any atom is 0.257 e. The molecule has 1 aromatic heterocycles. The summed E-state index contributed by atoms with van der Waals surface area (Å²) in [4.78, 5) is 16.9. The Hall–Kier alpha value is -2.08. The first-order valence-electron chi connectivity index (χ1n) is 8.64. The van der Waals surface area contributed by atoms with E-state index in [-0.39, 0.29) is 15.6 Å². The predicted octanol–water partition coefficient (Wildman–Crippen LogP) is 4.49. The monoisotopic (exact) mass is 514 g/mol. The highest BCUT2D eigenvalue weighted by Gasteiger charge is 2.18. The van der Waals surface area contributed by atoms with Crippen LogP contribution in [0.15, 0.2) is 52.7 Å². The summed E-state index contributed by atoms with van der Waals surface area (Å²) in [6.07, 6.45) is 0. The Kier molecular flexibility index (Phi) is 7.30. The van der Waals surface area contributed by atoms with Crippen LogP contribution in [0.5, 0.6) is 0 Å². The Labute approximate surface area is 199 Å². The number of sulfonamides is 1. The van der Waals surface area contributed by atoms with Gasteiger partial charge in [0.2, 0.25) is 10.0 Å². The number of rotatable bonds is 5. The van der Waals surface area contributed by atoms with Crippen LogP contribution in [0.1, 0.15) is 10.4 Å². The van der Waals surface area contributed by atoms with Gasteiger partial charge in [-0.3, -0.25) is 10.1 Å². The fourth-order valence-electron chi connectivity index (χ4n) is 2.44. The standard InChI is InChI=1S/C19H16Cl2N4O3S3/c1-25(2)31(27,28)13-6-3-11(4-7-13)17(26)23-18(29)24-19-22-16(10-30-19)14-8-5-12(20)9-15(14)21/h3-10H,1-2H3,(H2,22,23,24,26,29). The van der Waals surface area contributed by atoms with E-state index in [4.69, 9.17) is 35.4 Å². The third-order valence-corrected chi connectivity index (χ3v) is 7.39. The molecule has 0 saturated carbocycles. The molecule has 0 radical (unpaired) electrons. The topological polar surface area (TPSA) is 91.4 Å². The summed E-state index contributed by atoms with van der Waals surface area (Å²) in [5.74, 6) is -0.483. The highest BCUT2D eigenvalue weighted by molar-refractivity contribution is 7.89. The van der Waals surface area contributed by atoms with Crippen molar-refractivity contribution in [3.63, 3.8) is 0 Å². The second kappa shape index (κ2) is 9.60. The molecule has 2 N–H and O–H groups in total. The summed E-state index contributed by atoms with van der Waals surface area (Å²) in [6, 6.07) is 10.7. The van der Waals surface area contributed by atoms with Crippen LogP contribution in [0.4, 0.5) is 5.13 Å². The molecule has 0 atom stereocenters. The number of thiazole rings is 1. The Morgan fingerprint density at radius 1 is 1.13 bits per heavy atom. The molecule has 31 heavy (non-hydrogen) atoms. The molecule has 0 aliphatic carbocycles. The number of amides is 1. The molecule has 0 aliphatic rings. The molecule has 0 fully saturated rings. The molecule has 0 spiro atoms. The van der Waals surface area contributed by atoms with Gasteiger partial charge in [-0.25, -0.2) is 17.7 Å². The highest BCUT2D eigenvalue weighted by atomic mass is 35.5. The number of nitrogens with one attached hydrogen (secondary N) is 2. The zero-order valence-corrected chi connectivity index (χ0v) is 20.2. The van der Waals surface area contributed by atoms with Crippen LogP contribution in [0.2, 0.25) is 10.0 Å². The molecule has 12 heteroatoms. The van der Waals surface area contributed by atoms with Crippen molar-refractivity contribution >= 4 is 72.9 Å². The first kappa shape index (κ1) is 23.6. The van der Waals surface area contributed by atoms with Gasteiger partial charge in [0.25, 0.3) is 5.91 Å². The van der Waals surface area contributed by atoms with Gasteiger partial charge < -0.3 is 5.32 Å². The molecule has 0 aliphatic heterocycles. The Morgan fingerprint density at radius 2 is 1.81 bits per heavy atom. The molecule has 7 nitrogen and oxygen atoms in total. The van der Waals surface area contributed by atoms with Gasteiger partial charge in [0.15, 0.2) is 10.2 Å². The summed E-state index contributed by atoms with van der Waals surface area (Å²) in [5, 5.41) is 8.71. The lowest BCUT2D eigenvalue weighted by Crippen LogP contribution is -2.34. The van der Waals surface area contributed by atoms with E-state index in [0.29, 0.717) is 20.9 Å². The molecule has 1 heterocycles. The Morgan fingerprint density at radius 3 is 2.42 bits per heavy atom. The van der Waals surface area contributed by atoms with Gasteiger partial charge in [-0.2, -0.15) is 0 Å². The smallest absolute Gasteiger partial charge is 0.257 e. The fourth-order valence-corrected chi connectivity index (χ4v) is 4.82. The number of aromatic nitrogens is 1. The number of thiocarbonyl (C=S) groups is 1. The van der Waals surface area contributed by atoms with Crippen molar-refractivity contribution in [1.29, 1.82) is 0 Å². The normalized spacial score (nSPS) is 11.4. The first-order valence-corrected chi connectivity index (χ1v) is 12.1. The molecular formula is C19H16Cl2N4O3S3. The summed E-state index contributed by atoms with van der Waals surface area (Å²) in [5.41, 5.74) is 1.62. The van der Waals surface area contributed by atoms with Crippen molar-refractivity contribution in [3.05, 3.63) is 63.5 Å². The zero-order valence-electron chi connectivity index (χ0n) is 16.2. The van der Waals surface area contributed by atoms with Gasteiger partial charge in [-0.1, -0.05) is 23.2 Å². The quantitative estimate of drug-likeness (QED) is 0.487. The summed E-state index contributed by atoms with van der Waals surface area (Å²) < 4.78 is 25.3. The lowest BCUT2D eigenvalue weighted by molar-refractivity contribution is 0.0977. The summed E-state index contributed by atoms with van der Waals surface area (Å²) in [7, 11) is -0.698. The first-order chi connectivity index (χ1) is 14.6. The fraction of sp³-hybridized carbons (Fsp3) is 0.105. The molecule has 0 saturated heterocycles. The Balaban J connectivity index is 1.65. The number of nitrogens with zero attached hydrogens (tertiary/aromatic N) is 2. The predicted molar refractivity (Wildman–Crippen MR) is 129 cm³/mol. The second-order valence-electron chi connectivity index (χ2n) is 6.38. The number of benzene rings is 2. The molecule has 3 aromatic rings. The van der Waals surface area contributed by atoms with Crippen LogP contribution in [-0.2, 0) is 10.0 Å². The van der Waals surface area contributed by atoms with Gasteiger partial charge in [0, 0.05) is 35.6 Å². The van der Waals surface area contributed by atoms with E-state index in [0.717, 1.165) is 9.87 Å². The summed E-state index contributed by atoms with van der Waals surface area (Å²) >= 11 is 18.6. The van der Waals surface area contributed by atoms with Crippen molar-refractivity contribution in [2.75, 3.05) is 19.4 Å². The van der Waals surface area contributed by atoms with Gasteiger partial charge >= 0.3 is 0 Å². The van der Waals surface area contributed by atoms with Gasteiger partial charge in [0.05, 0.1) is 15.6 Å². The lowest BCUT2D eigenvalue weighted by Gasteiger charge is -2.12. The van der Waals surface area contributed by atoms with Crippen LogP contribution in [0.25, 0.3) is 11.3 Å². The minimum atomic E-state index is -3.57. The molecule has 2 aromatic carbocycles. The van der Waals surface area contributed by atoms with E-state index in [2.05, 4.69) is 15.6 Å². The van der Waals surface area contributed by atoms with Crippen molar-refractivity contribution in [3.8, 4) is 11.3 Å². The number of anilines is 1. The minimum Gasteiger partial charge on any atom is -0.308 e. The number of hydrogen-bond donors (Lipinski definition) is 2. The third-order valence-electron chi connectivity index (χ3n) is 4.05. The van der Waals surface area contributed by atoms with Gasteiger partial charge in [0.1, 0.15) is 0 Å². The minimum absolute atomic E-state index is 0.0538. The molecule has 1 amide bonds. The van der Waals surface area contributed by atoms with Crippen molar-refractivity contribution in [2.24, 2.45) is 0 Å². The van der Waals surface area contributed by atoms with Gasteiger partial charge in [-0.15, -0.1) is 11.3 Å². The average Bonchev–Trinajstić information content (AvgIpc) is 3.15. The number of carbonyl (C=O) groups is 1. The summed E-state index contributed by atoms with van der Waals surface area (Å²) in [6.45, 7) is 0. The van der Waals surface area contributed by atoms with E-state index >= 15 is 0 Å². The van der Waals surface area contributed by atoms with Gasteiger partial charge in [-0.05, 0) is 54.7 Å². The Bertz CT molecular complexity index is 1240. The van der Waals surface area contributed by atoms with E-state index in [1.807, 2.05) is 0 Å². The molecule has 162 valence electrons. The van der Waals surface area contributed by atoms with E-state index in [9.17, 15) is 13.2 Å². The molecule has 0 bridgehead atoms. The molecule has 0 unspecified atom stereocenters. The number of halogens is 2. The van der Waals surface area contributed by atoms with E-state index < -0.39 is 15.9 Å². The maximum absolute atomic E-state index is 12.4. The maximum atomic E-state index is 12.4. The zero-order chi connectivity index (χ0) is 22.8. The highest BCUT2D eigenvalue weighted by Crippen LogP contribution is 2.32. The van der Waals surface area contributed by atoms with E-state index in [1.165, 1.54) is 49.7 Å². The largest absolute Gasteiger partial charge is 0.308 e. The van der Waals surface area contributed by atoms with Crippen LogP contribution < -0.4 is 10.6 Å². The SMILES string of the molecule is CN(C)S(=O)(=O)c1ccc(C(=O)NC(=S)Nc2nc(-c3ccc(Cl)cc3Cl)cs2)cc1. The van der Waals surface area contributed by atoms with Crippen molar-refractivity contribution in [1.82, 2.24) is 14.6 Å². The molecular weight excluding hydrogens is 499 g/mol. The van der Waals surface area contributed by atoms with E-state index in [1.54, 1.807) is 23.6 Å².